The molecule has 0 aliphatic rings. The van der Waals surface area contributed by atoms with Gasteiger partial charge in [-0.15, -0.1) is 0 Å². The number of rotatable bonds is 5. The lowest BCUT2D eigenvalue weighted by Crippen LogP contribution is -2.15. The third-order valence-corrected chi connectivity index (χ3v) is 5.04. The van der Waals surface area contributed by atoms with Crippen LogP contribution in [0.1, 0.15) is 22.4 Å². The predicted octanol–water partition coefficient (Wildman–Crippen LogP) is 4.04. The Kier molecular flexibility index (Phi) is 5.33. The minimum Gasteiger partial charge on any atom is -0.503 e. The quantitative estimate of drug-likeness (QED) is 0.492. The summed E-state index contributed by atoms with van der Waals surface area (Å²) in [7, 11) is 0. The zero-order valence-electron chi connectivity index (χ0n) is 17.0. The summed E-state index contributed by atoms with van der Waals surface area (Å²) in [5.41, 5.74) is 1.66. The van der Waals surface area contributed by atoms with Crippen molar-refractivity contribution in [2.24, 2.45) is 0 Å². The fourth-order valence-corrected chi connectivity index (χ4v) is 3.42. The molecule has 2 heterocycles. The van der Waals surface area contributed by atoms with Crippen molar-refractivity contribution < 1.29 is 18.7 Å². The molecule has 0 radical (unpaired) electrons. The Morgan fingerprint density at radius 2 is 1.87 bits per heavy atom. The molecule has 6 nitrogen and oxygen atoms in total. The van der Waals surface area contributed by atoms with Crippen LogP contribution in [0, 0.1) is 19.7 Å². The van der Waals surface area contributed by atoms with E-state index in [-0.39, 0.29) is 24.7 Å². The van der Waals surface area contributed by atoms with Gasteiger partial charge in [0, 0.05) is 17.6 Å². The van der Waals surface area contributed by atoms with Gasteiger partial charge < -0.3 is 18.8 Å². The van der Waals surface area contributed by atoms with Crippen molar-refractivity contribution >= 4 is 11.0 Å². The summed E-state index contributed by atoms with van der Waals surface area (Å²) in [6.45, 7) is 3.74. The summed E-state index contributed by atoms with van der Waals surface area (Å²) >= 11 is 0. The molecule has 0 bridgehead atoms. The zero-order valence-corrected chi connectivity index (χ0v) is 17.0. The van der Waals surface area contributed by atoms with Crippen LogP contribution in [0.15, 0.2) is 68.7 Å². The molecular weight excluding hydrogens is 401 g/mol. The molecule has 0 spiro atoms. The molecule has 0 amide bonds. The number of ether oxygens (including phenoxy) is 1. The number of hydrogen-bond donors (Lipinski definition) is 1. The van der Waals surface area contributed by atoms with Gasteiger partial charge in [-0.3, -0.25) is 4.79 Å². The van der Waals surface area contributed by atoms with Gasteiger partial charge >= 0.3 is 5.63 Å². The smallest absolute Gasteiger partial charge is 0.341 e. The zero-order chi connectivity index (χ0) is 22.1. The maximum atomic E-state index is 13.6. The Balaban J connectivity index is 1.62. The standard InChI is InChI=1S/C24H20FNO5/c1-14-7-16(9-19(25)8-14)13-30-20-3-4-22-17(11-20)10-18(24(29)31-22)12-26-6-5-21(27)23(28)15(26)2/h3-11,28H,12-13H2,1-2H3. The molecule has 0 aliphatic heterocycles. The van der Waals surface area contributed by atoms with Crippen molar-refractivity contribution in [3.63, 3.8) is 0 Å². The average molecular weight is 421 g/mol. The molecular formula is C24H20FNO5. The maximum Gasteiger partial charge on any atom is 0.341 e. The first kappa shape index (κ1) is 20.4. The van der Waals surface area contributed by atoms with Crippen LogP contribution in [-0.2, 0) is 13.2 Å². The molecule has 0 aliphatic carbocycles. The normalized spacial score (nSPS) is 11.1. The lowest BCUT2D eigenvalue weighted by molar-refractivity contribution is 0.306. The third kappa shape index (κ3) is 4.35. The van der Waals surface area contributed by atoms with E-state index in [0.29, 0.717) is 33.5 Å². The topological polar surface area (TPSA) is 81.7 Å². The summed E-state index contributed by atoms with van der Waals surface area (Å²) < 4.78 is 26.4. The Labute approximate surface area is 176 Å². The van der Waals surface area contributed by atoms with Crippen LogP contribution in [-0.4, -0.2) is 9.67 Å². The molecule has 0 fully saturated rings. The van der Waals surface area contributed by atoms with Crippen LogP contribution in [0.25, 0.3) is 11.0 Å². The van der Waals surface area contributed by atoms with Crippen molar-refractivity contribution in [2.75, 3.05) is 0 Å². The Morgan fingerprint density at radius 1 is 1.06 bits per heavy atom. The molecule has 2 aromatic heterocycles. The van der Waals surface area contributed by atoms with Gasteiger partial charge in [0.05, 0.1) is 17.8 Å². The van der Waals surface area contributed by atoms with E-state index in [9.17, 15) is 19.1 Å². The molecule has 0 atom stereocenters. The number of aryl methyl sites for hydroxylation is 1. The van der Waals surface area contributed by atoms with Gasteiger partial charge in [-0.25, -0.2) is 9.18 Å². The van der Waals surface area contributed by atoms with Crippen molar-refractivity contribution in [1.82, 2.24) is 4.57 Å². The molecule has 1 N–H and O–H groups in total. The van der Waals surface area contributed by atoms with Crippen LogP contribution in [0.3, 0.4) is 0 Å². The van der Waals surface area contributed by atoms with Crippen LogP contribution < -0.4 is 15.8 Å². The largest absolute Gasteiger partial charge is 0.503 e. The van der Waals surface area contributed by atoms with Crippen molar-refractivity contribution in [3.05, 3.63) is 104 Å². The van der Waals surface area contributed by atoms with Crippen LogP contribution in [0.5, 0.6) is 11.5 Å². The highest BCUT2D eigenvalue weighted by Crippen LogP contribution is 2.22. The van der Waals surface area contributed by atoms with E-state index in [1.807, 2.05) is 13.0 Å². The second-order valence-corrected chi connectivity index (χ2v) is 7.43. The van der Waals surface area contributed by atoms with Gasteiger partial charge in [-0.2, -0.15) is 0 Å². The minimum absolute atomic E-state index is 0.131. The van der Waals surface area contributed by atoms with Gasteiger partial charge in [-0.05, 0) is 61.4 Å². The molecule has 4 rings (SSSR count). The van der Waals surface area contributed by atoms with E-state index in [2.05, 4.69) is 0 Å². The monoisotopic (exact) mass is 421 g/mol. The van der Waals surface area contributed by atoms with Crippen molar-refractivity contribution in [1.29, 1.82) is 0 Å². The van der Waals surface area contributed by atoms with Gasteiger partial charge in [0.15, 0.2) is 5.75 Å². The number of nitrogens with zero attached hydrogens (tertiary/aromatic N) is 1. The number of hydrogen-bond acceptors (Lipinski definition) is 5. The highest BCUT2D eigenvalue weighted by molar-refractivity contribution is 5.78. The first-order chi connectivity index (χ1) is 14.8. The lowest BCUT2D eigenvalue weighted by atomic mass is 10.1. The average Bonchev–Trinajstić information content (AvgIpc) is 2.72. The number of benzene rings is 2. The molecule has 0 saturated heterocycles. The second-order valence-electron chi connectivity index (χ2n) is 7.43. The molecule has 7 heteroatoms. The number of aromatic nitrogens is 1. The Hall–Kier alpha value is -3.87. The lowest BCUT2D eigenvalue weighted by Gasteiger charge is -2.12. The number of fused-ring (bicyclic) bond motifs is 1. The van der Waals surface area contributed by atoms with E-state index in [0.717, 1.165) is 5.56 Å². The van der Waals surface area contributed by atoms with Gasteiger partial charge in [0.25, 0.3) is 0 Å². The summed E-state index contributed by atoms with van der Waals surface area (Å²) in [5.74, 6) is -0.116. The fraction of sp³-hybridized carbons (Fsp3) is 0.167. The highest BCUT2D eigenvalue weighted by atomic mass is 19.1. The van der Waals surface area contributed by atoms with Gasteiger partial charge in [0.1, 0.15) is 23.8 Å². The summed E-state index contributed by atoms with van der Waals surface area (Å²) in [6, 6.07) is 12.7. The highest BCUT2D eigenvalue weighted by Gasteiger charge is 2.11. The van der Waals surface area contributed by atoms with Crippen LogP contribution in [0.2, 0.25) is 0 Å². The molecule has 158 valence electrons. The number of aromatic hydroxyl groups is 1. The van der Waals surface area contributed by atoms with Crippen LogP contribution >= 0.6 is 0 Å². The van der Waals surface area contributed by atoms with Gasteiger partial charge in [0.2, 0.25) is 5.43 Å². The fourth-order valence-electron chi connectivity index (χ4n) is 3.42. The minimum atomic E-state index is -0.506. The van der Waals surface area contributed by atoms with Crippen molar-refractivity contribution in [3.8, 4) is 11.5 Å². The first-order valence-corrected chi connectivity index (χ1v) is 9.65. The Bertz CT molecular complexity index is 1380. The summed E-state index contributed by atoms with van der Waals surface area (Å²) in [5, 5.41) is 10.5. The number of pyridine rings is 1. The van der Waals surface area contributed by atoms with E-state index < -0.39 is 11.1 Å². The summed E-state index contributed by atoms with van der Waals surface area (Å²) in [6.07, 6.45) is 1.52. The predicted molar refractivity (Wildman–Crippen MR) is 114 cm³/mol. The second kappa shape index (κ2) is 8.10. The van der Waals surface area contributed by atoms with Gasteiger partial charge in [-0.1, -0.05) is 6.07 Å². The van der Waals surface area contributed by atoms with E-state index in [1.54, 1.807) is 35.8 Å². The summed E-state index contributed by atoms with van der Waals surface area (Å²) in [4.78, 5) is 23.9. The van der Waals surface area contributed by atoms with E-state index in [1.165, 1.54) is 24.4 Å². The molecule has 31 heavy (non-hydrogen) atoms. The number of halogens is 1. The third-order valence-electron chi connectivity index (χ3n) is 5.04. The van der Waals surface area contributed by atoms with E-state index in [4.69, 9.17) is 9.15 Å². The molecule has 4 aromatic rings. The molecule has 0 saturated carbocycles. The maximum absolute atomic E-state index is 13.6. The SMILES string of the molecule is Cc1cc(F)cc(COc2ccc3oc(=O)c(Cn4ccc(=O)c(O)c4C)cc3c2)c1. The molecule has 0 unspecified atom stereocenters. The van der Waals surface area contributed by atoms with Crippen molar-refractivity contribution in [2.45, 2.75) is 27.0 Å². The van der Waals surface area contributed by atoms with E-state index >= 15 is 0 Å². The Morgan fingerprint density at radius 3 is 2.65 bits per heavy atom. The molecule has 2 aromatic carbocycles. The van der Waals surface area contributed by atoms with Crippen LogP contribution in [0.4, 0.5) is 4.39 Å². The first-order valence-electron chi connectivity index (χ1n) is 9.65.